The Hall–Kier alpha value is -0.800. The van der Waals surface area contributed by atoms with E-state index in [9.17, 15) is 0 Å². The van der Waals surface area contributed by atoms with Crippen molar-refractivity contribution in [2.24, 2.45) is 5.73 Å². The third kappa shape index (κ3) is 3.36. The summed E-state index contributed by atoms with van der Waals surface area (Å²) in [5.74, 6) is 0.845. The minimum absolute atomic E-state index is 0.611. The third-order valence-electron chi connectivity index (χ3n) is 2.26. The van der Waals surface area contributed by atoms with E-state index >= 15 is 0 Å². The Balaban J connectivity index is 2.97. The van der Waals surface area contributed by atoms with E-state index in [0.717, 1.165) is 22.2 Å². The maximum atomic E-state index is 5.62. The van der Waals surface area contributed by atoms with Gasteiger partial charge in [-0.1, -0.05) is 24.6 Å². The maximum Gasteiger partial charge on any atom is 0.133 e. The predicted molar refractivity (Wildman–Crippen MR) is 68.0 cm³/mol. The van der Waals surface area contributed by atoms with Gasteiger partial charge >= 0.3 is 0 Å². The monoisotopic (exact) mass is 269 g/mol. The van der Waals surface area contributed by atoms with Gasteiger partial charge in [0, 0.05) is 6.54 Å². The normalized spacial score (nSPS) is 11.6. The van der Waals surface area contributed by atoms with Crippen LogP contribution in [0.25, 0.3) is 6.08 Å². The minimum Gasteiger partial charge on any atom is -0.496 e. The highest BCUT2D eigenvalue weighted by Gasteiger charge is 2.00. The molecule has 15 heavy (non-hydrogen) atoms. The number of rotatable bonds is 4. The number of methoxy groups -OCH3 is 1. The molecule has 1 rings (SSSR count). The lowest BCUT2D eigenvalue weighted by Crippen LogP contribution is -2.01. The van der Waals surface area contributed by atoms with Gasteiger partial charge in [0.1, 0.15) is 5.75 Å². The highest BCUT2D eigenvalue weighted by molar-refractivity contribution is 9.10. The molecular formula is C12H16BrNO. The Morgan fingerprint density at radius 1 is 1.53 bits per heavy atom. The molecule has 1 aromatic rings. The number of benzene rings is 1. The standard InChI is InChI=1S/C12H16BrNO/c1-3-9(8-14)6-10-4-5-12(15-2)11(13)7-10/h4-7H,3,8,14H2,1-2H3. The van der Waals surface area contributed by atoms with Gasteiger partial charge in [-0.05, 0) is 40.0 Å². The molecule has 0 unspecified atom stereocenters. The molecular weight excluding hydrogens is 254 g/mol. The lowest BCUT2D eigenvalue weighted by molar-refractivity contribution is 0.412. The molecule has 0 saturated heterocycles. The van der Waals surface area contributed by atoms with Crippen LogP contribution >= 0.6 is 15.9 Å². The van der Waals surface area contributed by atoms with Gasteiger partial charge in [-0.15, -0.1) is 0 Å². The zero-order valence-corrected chi connectivity index (χ0v) is 10.7. The van der Waals surface area contributed by atoms with E-state index in [1.165, 1.54) is 5.57 Å². The van der Waals surface area contributed by atoms with E-state index in [-0.39, 0.29) is 0 Å². The number of nitrogens with two attached hydrogens (primary N) is 1. The average Bonchev–Trinajstić information content (AvgIpc) is 2.26. The van der Waals surface area contributed by atoms with Crippen molar-refractivity contribution in [1.29, 1.82) is 0 Å². The van der Waals surface area contributed by atoms with Crippen molar-refractivity contribution in [2.75, 3.05) is 13.7 Å². The third-order valence-corrected chi connectivity index (χ3v) is 2.88. The van der Waals surface area contributed by atoms with Crippen molar-refractivity contribution in [1.82, 2.24) is 0 Å². The predicted octanol–water partition coefficient (Wildman–Crippen LogP) is 3.21. The first-order valence-corrected chi connectivity index (χ1v) is 5.73. The first-order valence-electron chi connectivity index (χ1n) is 4.94. The van der Waals surface area contributed by atoms with Crippen molar-refractivity contribution >= 4 is 22.0 Å². The van der Waals surface area contributed by atoms with Crippen LogP contribution in [0.5, 0.6) is 5.75 Å². The molecule has 3 heteroatoms. The first kappa shape index (κ1) is 12.3. The minimum atomic E-state index is 0.611. The van der Waals surface area contributed by atoms with Crippen LogP contribution in [0.4, 0.5) is 0 Å². The molecule has 2 nitrogen and oxygen atoms in total. The van der Waals surface area contributed by atoms with Gasteiger partial charge in [0.25, 0.3) is 0 Å². The molecule has 0 fully saturated rings. The molecule has 0 radical (unpaired) electrons. The SMILES string of the molecule is CCC(=Cc1ccc(OC)c(Br)c1)CN. The van der Waals surface area contributed by atoms with E-state index in [0.29, 0.717) is 6.54 Å². The van der Waals surface area contributed by atoms with Crippen LogP contribution in [0.2, 0.25) is 0 Å². The van der Waals surface area contributed by atoms with Gasteiger partial charge in [0.05, 0.1) is 11.6 Å². The summed E-state index contributed by atoms with van der Waals surface area (Å²) >= 11 is 3.46. The van der Waals surface area contributed by atoms with Crippen LogP contribution in [0.15, 0.2) is 28.2 Å². The van der Waals surface area contributed by atoms with Crippen LogP contribution < -0.4 is 10.5 Å². The molecule has 0 amide bonds. The topological polar surface area (TPSA) is 35.2 Å². The molecule has 0 atom stereocenters. The van der Waals surface area contributed by atoms with Gasteiger partial charge in [-0.3, -0.25) is 0 Å². The van der Waals surface area contributed by atoms with Crippen LogP contribution in [0, 0.1) is 0 Å². The second kappa shape index (κ2) is 5.93. The molecule has 0 aliphatic carbocycles. The number of ether oxygens (including phenoxy) is 1. The summed E-state index contributed by atoms with van der Waals surface area (Å²) in [4.78, 5) is 0. The summed E-state index contributed by atoms with van der Waals surface area (Å²) in [5.41, 5.74) is 8.01. The Kier molecular flexibility index (Phi) is 4.85. The molecule has 82 valence electrons. The number of halogens is 1. The Morgan fingerprint density at radius 3 is 2.73 bits per heavy atom. The van der Waals surface area contributed by atoms with Gasteiger partial charge in [-0.2, -0.15) is 0 Å². The molecule has 0 heterocycles. The van der Waals surface area contributed by atoms with Gasteiger partial charge < -0.3 is 10.5 Å². The average molecular weight is 270 g/mol. The van der Waals surface area contributed by atoms with Crippen LogP contribution in [0.1, 0.15) is 18.9 Å². The fourth-order valence-corrected chi connectivity index (χ4v) is 1.87. The van der Waals surface area contributed by atoms with E-state index in [1.54, 1.807) is 7.11 Å². The van der Waals surface area contributed by atoms with Gasteiger partial charge in [0.15, 0.2) is 0 Å². The van der Waals surface area contributed by atoms with Crippen LogP contribution in [-0.4, -0.2) is 13.7 Å². The van der Waals surface area contributed by atoms with E-state index in [1.807, 2.05) is 18.2 Å². The Labute approximate surface area is 99.3 Å². The summed E-state index contributed by atoms with van der Waals surface area (Å²) < 4.78 is 6.13. The van der Waals surface area contributed by atoms with Crippen molar-refractivity contribution in [2.45, 2.75) is 13.3 Å². The van der Waals surface area contributed by atoms with E-state index < -0.39 is 0 Å². The molecule has 2 N–H and O–H groups in total. The van der Waals surface area contributed by atoms with Crippen LogP contribution in [0.3, 0.4) is 0 Å². The molecule has 0 aromatic heterocycles. The Bertz CT molecular complexity index is 355. The summed E-state index contributed by atoms with van der Waals surface area (Å²) in [6, 6.07) is 6.00. The van der Waals surface area contributed by atoms with Gasteiger partial charge in [-0.25, -0.2) is 0 Å². The largest absolute Gasteiger partial charge is 0.496 e. The fraction of sp³-hybridized carbons (Fsp3) is 0.333. The number of hydrogen-bond donors (Lipinski definition) is 1. The molecule has 0 saturated carbocycles. The summed E-state index contributed by atoms with van der Waals surface area (Å²) in [7, 11) is 1.66. The first-order chi connectivity index (χ1) is 7.21. The highest BCUT2D eigenvalue weighted by Crippen LogP contribution is 2.26. The van der Waals surface area contributed by atoms with Crippen molar-refractivity contribution in [3.63, 3.8) is 0 Å². The summed E-state index contributed by atoms with van der Waals surface area (Å²) in [6.07, 6.45) is 3.10. The second-order valence-corrected chi connectivity index (χ2v) is 4.11. The molecule has 0 bridgehead atoms. The van der Waals surface area contributed by atoms with Crippen LogP contribution in [-0.2, 0) is 0 Å². The smallest absolute Gasteiger partial charge is 0.133 e. The molecule has 0 aliphatic heterocycles. The zero-order chi connectivity index (χ0) is 11.3. The van der Waals surface area contributed by atoms with E-state index in [2.05, 4.69) is 28.9 Å². The second-order valence-electron chi connectivity index (χ2n) is 3.25. The quantitative estimate of drug-likeness (QED) is 0.911. The molecule has 0 aliphatic rings. The zero-order valence-electron chi connectivity index (χ0n) is 9.09. The molecule has 0 spiro atoms. The molecule has 1 aromatic carbocycles. The van der Waals surface area contributed by atoms with Crippen molar-refractivity contribution < 1.29 is 4.74 Å². The lowest BCUT2D eigenvalue weighted by atomic mass is 10.1. The lowest BCUT2D eigenvalue weighted by Gasteiger charge is -2.05. The number of hydrogen-bond acceptors (Lipinski definition) is 2. The Morgan fingerprint density at radius 2 is 2.27 bits per heavy atom. The highest BCUT2D eigenvalue weighted by atomic mass is 79.9. The van der Waals surface area contributed by atoms with Crippen molar-refractivity contribution in [3.8, 4) is 5.75 Å². The van der Waals surface area contributed by atoms with Gasteiger partial charge in [0.2, 0.25) is 0 Å². The van der Waals surface area contributed by atoms with Crippen molar-refractivity contribution in [3.05, 3.63) is 33.8 Å². The summed E-state index contributed by atoms with van der Waals surface area (Å²) in [5, 5.41) is 0. The fourth-order valence-electron chi connectivity index (χ4n) is 1.31. The van der Waals surface area contributed by atoms with E-state index in [4.69, 9.17) is 10.5 Å². The summed E-state index contributed by atoms with van der Waals surface area (Å²) in [6.45, 7) is 2.72. The maximum absolute atomic E-state index is 5.62.